The number of hydrogen-bond donors (Lipinski definition) is 3. The van der Waals surface area contributed by atoms with E-state index in [1.807, 2.05) is 25.1 Å². The maximum Gasteiger partial charge on any atom is 0.322 e. The van der Waals surface area contributed by atoms with Gasteiger partial charge in [-0.25, -0.2) is 0 Å². The van der Waals surface area contributed by atoms with Crippen LogP contribution in [0.3, 0.4) is 0 Å². The molecule has 0 radical (unpaired) electrons. The molecule has 2 aromatic carbocycles. The Bertz CT molecular complexity index is 1140. The summed E-state index contributed by atoms with van der Waals surface area (Å²) < 4.78 is 0. The fourth-order valence-corrected chi connectivity index (χ4v) is 5.18. The van der Waals surface area contributed by atoms with Crippen molar-refractivity contribution in [2.45, 2.75) is 92.1 Å². The summed E-state index contributed by atoms with van der Waals surface area (Å²) >= 11 is 0. The third-order valence-corrected chi connectivity index (χ3v) is 7.92. The van der Waals surface area contributed by atoms with Crippen LogP contribution in [-0.2, 0) is 10.2 Å². The normalized spacial score (nSPS) is 14.0. The molecule has 0 bridgehead atoms. The molecule has 0 aromatic heterocycles. The van der Waals surface area contributed by atoms with Gasteiger partial charge in [0.1, 0.15) is 6.54 Å². The molecule has 2 aromatic rings. The summed E-state index contributed by atoms with van der Waals surface area (Å²) in [4.78, 5) is 23.3. The van der Waals surface area contributed by atoms with Crippen LogP contribution in [0.5, 0.6) is 0 Å². The smallest absolute Gasteiger partial charge is 0.322 e. The highest BCUT2D eigenvalue weighted by molar-refractivity contribution is 5.97. The number of aliphatic hydroxyl groups is 1. The van der Waals surface area contributed by atoms with E-state index >= 15 is 0 Å². The highest BCUT2D eigenvalue weighted by atomic mass is 16.4. The van der Waals surface area contributed by atoms with E-state index in [-0.39, 0.29) is 16.7 Å². The number of aryl methyl sites for hydroxylation is 2. The first kappa shape index (κ1) is 30.3. The molecule has 0 saturated carbocycles. The van der Waals surface area contributed by atoms with Crippen molar-refractivity contribution in [2.75, 3.05) is 6.54 Å². The largest absolute Gasteiger partial charge is 0.480 e. The minimum atomic E-state index is -1.07. The van der Waals surface area contributed by atoms with Gasteiger partial charge in [-0.15, -0.1) is 0 Å². The number of carbonyl (C=O) groups is 2. The van der Waals surface area contributed by atoms with Gasteiger partial charge in [0.2, 0.25) is 0 Å². The lowest BCUT2D eigenvalue weighted by molar-refractivity contribution is -0.135. The predicted octanol–water partition coefficient (Wildman–Crippen LogP) is 6.81. The van der Waals surface area contributed by atoms with Gasteiger partial charge in [0, 0.05) is 11.0 Å². The zero-order chi connectivity index (χ0) is 28.0. The Hall–Kier alpha value is -2.92. The Balaban J connectivity index is 2.46. The Labute approximate surface area is 223 Å². The van der Waals surface area contributed by atoms with Gasteiger partial charge in [-0.2, -0.15) is 0 Å². The van der Waals surface area contributed by atoms with Crippen molar-refractivity contribution in [1.82, 2.24) is 5.32 Å². The molecule has 5 nitrogen and oxygen atoms in total. The van der Waals surface area contributed by atoms with Crippen LogP contribution < -0.4 is 5.32 Å². The predicted molar refractivity (Wildman–Crippen MR) is 152 cm³/mol. The van der Waals surface area contributed by atoms with Crippen molar-refractivity contribution in [3.63, 3.8) is 0 Å². The summed E-state index contributed by atoms with van der Waals surface area (Å²) in [6.07, 6.45) is 7.41. The molecule has 0 fully saturated rings. The van der Waals surface area contributed by atoms with Crippen LogP contribution in [-0.4, -0.2) is 34.2 Å². The van der Waals surface area contributed by atoms with Gasteiger partial charge >= 0.3 is 5.97 Å². The number of rotatable bonds is 11. The summed E-state index contributed by atoms with van der Waals surface area (Å²) in [5.74, 6) is -1.45. The molecule has 1 atom stereocenters. The van der Waals surface area contributed by atoms with Gasteiger partial charge in [0.25, 0.3) is 5.91 Å². The Morgan fingerprint density at radius 1 is 0.919 bits per heavy atom. The summed E-state index contributed by atoms with van der Waals surface area (Å²) in [6, 6.07) is 12.4. The lowest BCUT2D eigenvalue weighted by Gasteiger charge is -2.38. The molecule has 202 valence electrons. The van der Waals surface area contributed by atoms with Crippen molar-refractivity contribution in [3.8, 4) is 0 Å². The van der Waals surface area contributed by atoms with E-state index in [0.717, 1.165) is 41.5 Å². The zero-order valence-electron chi connectivity index (χ0n) is 23.9. The number of carboxylic acid groups (broad SMARTS) is 1. The van der Waals surface area contributed by atoms with E-state index in [0.29, 0.717) is 12.0 Å². The van der Waals surface area contributed by atoms with Crippen LogP contribution in [0, 0.1) is 19.3 Å². The van der Waals surface area contributed by atoms with Crippen LogP contribution in [0.1, 0.15) is 105 Å². The number of carbonyl (C=O) groups excluding carboxylic acids is 1. The maximum absolute atomic E-state index is 12.5. The lowest BCUT2D eigenvalue weighted by atomic mass is 9.69. The second-order valence-corrected chi connectivity index (χ2v) is 11.2. The molecule has 0 saturated heterocycles. The third-order valence-electron chi connectivity index (χ3n) is 7.92. The molecule has 1 amide bonds. The van der Waals surface area contributed by atoms with E-state index in [2.05, 4.69) is 78.0 Å². The third kappa shape index (κ3) is 6.70. The number of hydrogen-bond acceptors (Lipinski definition) is 3. The van der Waals surface area contributed by atoms with Crippen molar-refractivity contribution < 1.29 is 19.8 Å². The molecule has 0 aliphatic heterocycles. The summed E-state index contributed by atoms with van der Waals surface area (Å²) in [5, 5.41) is 22.6. The number of nitrogens with one attached hydrogen (secondary N) is 1. The SMILES string of the molecule is CCCC(O)(/C=C/c1ccc(C(CC)(CC)c2ccc(C(=O)NCC(=O)O)c(C)c2)cc1C)C(C)(C)C. The van der Waals surface area contributed by atoms with Gasteiger partial charge in [0.15, 0.2) is 0 Å². The van der Waals surface area contributed by atoms with E-state index in [1.165, 1.54) is 5.56 Å². The standard InChI is InChI=1S/C32H45NO4/c1-9-17-32(37,30(6,7)8)18-16-24-12-13-25(19-22(24)4)31(10-2,11-3)26-14-15-27(23(5)20-26)29(36)33-21-28(34)35/h12-16,18-20,37H,9-11,17,21H2,1-8H3,(H,33,36)(H,34,35)/b18-16+. The van der Waals surface area contributed by atoms with Crippen LogP contribution in [0.4, 0.5) is 0 Å². The quantitative estimate of drug-likeness (QED) is 0.312. The first-order valence-corrected chi connectivity index (χ1v) is 13.4. The molecule has 2 rings (SSSR count). The minimum absolute atomic E-state index is 0.220. The van der Waals surface area contributed by atoms with E-state index in [9.17, 15) is 14.7 Å². The van der Waals surface area contributed by atoms with E-state index in [1.54, 1.807) is 6.07 Å². The molecule has 5 heteroatoms. The van der Waals surface area contributed by atoms with Gasteiger partial charge in [-0.3, -0.25) is 9.59 Å². The molecule has 0 aliphatic rings. The molecule has 3 N–H and O–H groups in total. The maximum atomic E-state index is 12.5. The number of carboxylic acids is 1. The highest BCUT2D eigenvalue weighted by Gasteiger charge is 2.36. The lowest BCUT2D eigenvalue weighted by Crippen LogP contribution is -2.40. The van der Waals surface area contributed by atoms with Crippen LogP contribution in [0.15, 0.2) is 42.5 Å². The zero-order valence-corrected chi connectivity index (χ0v) is 23.9. The highest BCUT2D eigenvalue weighted by Crippen LogP contribution is 2.41. The average molecular weight is 508 g/mol. The molecule has 1 unspecified atom stereocenters. The van der Waals surface area contributed by atoms with Crippen molar-refractivity contribution in [1.29, 1.82) is 0 Å². The van der Waals surface area contributed by atoms with Gasteiger partial charge in [0.05, 0.1) is 5.60 Å². The summed E-state index contributed by atoms with van der Waals surface area (Å²) in [6.45, 7) is 16.3. The first-order chi connectivity index (χ1) is 17.2. The van der Waals surface area contributed by atoms with Crippen molar-refractivity contribution >= 4 is 18.0 Å². The molecule has 0 aliphatic carbocycles. The Morgan fingerprint density at radius 2 is 1.49 bits per heavy atom. The van der Waals surface area contributed by atoms with Crippen LogP contribution >= 0.6 is 0 Å². The van der Waals surface area contributed by atoms with E-state index in [4.69, 9.17) is 5.11 Å². The van der Waals surface area contributed by atoms with Crippen molar-refractivity contribution in [2.24, 2.45) is 5.41 Å². The van der Waals surface area contributed by atoms with Gasteiger partial charge < -0.3 is 15.5 Å². The number of amides is 1. The summed E-state index contributed by atoms with van der Waals surface area (Å²) in [7, 11) is 0. The number of benzene rings is 2. The number of aliphatic carboxylic acids is 1. The second-order valence-electron chi connectivity index (χ2n) is 11.2. The van der Waals surface area contributed by atoms with Gasteiger partial charge in [-0.05, 0) is 72.4 Å². The molecule has 0 heterocycles. The van der Waals surface area contributed by atoms with Crippen LogP contribution in [0.2, 0.25) is 0 Å². The van der Waals surface area contributed by atoms with E-state index < -0.39 is 18.1 Å². The topological polar surface area (TPSA) is 86.6 Å². The molecular formula is C32H45NO4. The fraction of sp³-hybridized carbons (Fsp3) is 0.500. The minimum Gasteiger partial charge on any atom is -0.480 e. The summed E-state index contributed by atoms with van der Waals surface area (Å²) in [5.41, 5.74) is 4.54. The molecular weight excluding hydrogens is 462 g/mol. The Morgan fingerprint density at radius 3 is 1.95 bits per heavy atom. The fourth-order valence-electron chi connectivity index (χ4n) is 5.18. The van der Waals surface area contributed by atoms with Gasteiger partial charge in [-0.1, -0.05) is 90.4 Å². The van der Waals surface area contributed by atoms with Crippen molar-refractivity contribution in [3.05, 3.63) is 75.9 Å². The average Bonchev–Trinajstić information content (AvgIpc) is 2.82. The second kappa shape index (κ2) is 12.1. The molecule has 37 heavy (non-hydrogen) atoms. The Kier molecular flexibility index (Phi) is 9.90. The first-order valence-electron chi connectivity index (χ1n) is 13.4. The monoisotopic (exact) mass is 507 g/mol. The molecule has 0 spiro atoms. The van der Waals surface area contributed by atoms with Crippen LogP contribution in [0.25, 0.3) is 6.08 Å².